The second-order valence-corrected chi connectivity index (χ2v) is 7.11. The Morgan fingerprint density at radius 1 is 1.17 bits per heavy atom. The molecule has 2 heterocycles. The van der Waals surface area contributed by atoms with Gasteiger partial charge in [0, 0.05) is 17.7 Å². The number of urea groups is 1. The van der Waals surface area contributed by atoms with Gasteiger partial charge in [0.2, 0.25) is 5.91 Å². The van der Waals surface area contributed by atoms with E-state index in [-0.39, 0.29) is 12.1 Å². The SMILES string of the molecule is Cc1nc2n(n1)CC(NC(=O)Nc1ccc(Oc3cccc(C(N)=O)c3)cc1)CC2. The lowest BCUT2D eigenvalue weighted by atomic mass is 10.1. The maximum absolute atomic E-state index is 12.3. The molecule has 154 valence electrons. The summed E-state index contributed by atoms with van der Waals surface area (Å²) in [7, 11) is 0. The Morgan fingerprint density at radius 2 is 1.97 bits per heavy atom. The van der Waals surface area contributed by atoms with Gasteiger partial charge in [0.05, 0.1) is 12.6 Å². The molecule has 1 aliphatic rings. The molecule has 0 bridgehead atoms. The molecule has 9 heteroatoms. The average Bonchev–Trinajstić information content (AvgIpc) is 3.09. The van der Waals surface area contributed by atoms with Gasteiger partial charge in [-0.1, -0.05) is 6.07 Å². The summed E-state index contributed by atoms with van der Waals surface area (Å²) in [5.41, 5.74) is 6.30. The number of carbonyl (C=O) groups is 2. The number of amides is 3. The molecule has 9 nitrogen and oxygen atoms in total. The fourth-order valence-corrected chi connectivity index (χ4v) is 3.36. The summed E-state index contributed by atoms with van der Waals surface area (Å²) in [5.74, 6) is 2.27. The summed E-state index contributed by atoms with van der Waals surface area (Å²) in [4.78, 5) is 28.0. The van der Waals surface area contributed by atoms with Gasteiger partial charge in [0.1, 0.15) is 23.1 Å². The Balaban J connectivity index is 1.32. The van der Waals surface area contributed by atoms with Gasteiger partial charge in [-0.25, -0.2) is 14.5 Å². The van der Waals surface area contributed by atoms with Gasteiger partial charge in [-0.2, -0.15) is 5.10 Å². The van der Waals surface area contributed by atoms with E-state index in [2.05, 4.69) is 20.7 Å². The summed E-state index contributed by atoms with van der Waals surface area (Å²) in [5, 5.41) is 10.1. The molecule has 4 N–H and O–H groups in total. The van der Waals surface area contributed by atoms with Crippen molar-refractivity contribution in [1.82, 2.24) is 20.1 Å². The van der Waals surface area contributed by atoms with Gasteiger partial charge in [-0.15, -0.1) is 0 Å². The number of anilines is 1. The van der Waals surface area contributed by atoms with E-state index in [0.29, 0.717) is 29.3 Å². The third kappa shape index (κ3) is 4.57. The van der Waals surface area contributed by atoms with Crippen molar-refractivity contribution in [2.45, 2.75) is 32.4 Å². The van der Waals surface area contributed by atoms with Crippen LogP contribution in [-0.2, 0) is 13.0 Å². The Hall–Kier alpha value is -3.88. The van der Waals surface area contributed by atoms with Crippen LogP contribution in [0.2, 0.25) is 0 Å². The van der Waals surface area contributed by atoms with Crippen molar-refractivity contribution in [2.24, 2.45) is 5.73 Å². The normalized spacial score (nSPS) is 15.2. The number of aromatic nitrogens is 3. The van der Waals surface area contributed by atoms with E-state index in [1.54, 1.807) is 48.5 Å². The largest absolute Gasteiger partial charge is 0.457 e. The highest BCUT2D eigenvalue weighted by molar-refractivity contribution is 5.93. The number of benzene rings is 2. The van der Waals surface area contributed by atoms with E-state index in [1.807, 2.05) is 11.6 Å². The number of aryl methyl sites for hydroxylation is 2. The van der Waals surface area contributed by atoms with Gasteiger partial charge in [0.15, 0.2) is 0 Å². The zero-order chi connectivity index (χ0) is 21.1. The molecule has 0 spiro atoms. The van der Waals surface area contributed by atoms with Gasteiger partial charge in [-0.3, -0.25) is 4.79 Å². The van der Waals surface area contributed by atoms with E-state index < -0.39 is 5.91 Å². The van der Waals surface area contributed by atoms with E-state index in [0.717, 1.165) is 24.5 Å². The quantitative estimate of drug-likeness (QED) is 0.601. The number of hydrogen-bond acceptors (Lipinski definition) is 5. The molecule has 30 heavy (non-hydrogen) atoms. The molecule has 0 aliphatic carbocycles. The molecule has 4 rings (SSSR count). The zero-order valence-corrected chi connectivity index (χ0v) is 16.5. The standard InChI is InChI=1S/C21H22N6O3/c1-13-23-19-10-7-16(12-27(19)26-13)25-21(29)24-15-5-8-17(9-6-15)30-18-4-2-3-14(11-18)20(22)28/h2-6,8-9,11,16H,7,10,12H2,1H3,(H2,22,28)(H2,24,25,29). The first kappa shape index (κ1) is 19.4. The highest BCUT2D eigenvalue weighted by atomic mass is 16.5. The van der Waals surface area contributed by atoms with Gasteiger partial charge in [0.25, 0.3) is 0 Å². The number of hydrogen-bond donors (Lipinski definition) is 3. The first-order valence-electron chi connectivity index (χ1n) is 9.62. The Kier molecular flexibility index (Phi) is 5.34. The van der Waals surface area contributed by atoms with Crippen LogP contribution in [0, 0.1) is 6.92 Å². The molecule has 2 aromatic carbocycles. The van der Waals surface area contributed by atoms with Gasteiger partial charge < -0.3 is 21.1 Å². The molecule has 1 atom stereocenters. The molecule has 3 aromatic rings. The highest BCUT2D eigenvalue weighted by Gasteiger charge is 2.22. The molecule has 0 saturated heterocycles. The van der Waals surface area contributed by atoms with E-state index in [9.17, 15) is 9.59 Å². The number of ether oxygens (including phenoxy) is 1. The van der Waals surface area contributed by atoms with Crippen LogP contribution in [0.4, 0.5) is 10.5 Å². The maximum atomic E-state index is 12.3. The van der Waals surface area contributed by atoms with Crippen molar-refractivity contribution >= 4 is 17.6 Å². The number of nitrogens with one attached hydrogen (secondary N) is 2. The number of primary amides is 1. The third-order valence-corrected chi connectivity index (χ3v) is 4.77. The molecule has 1 aliphatic heterocycles. The Bertz CT molecular complexity index is 1080. The lowest BCUT2D eigenvalue weighted by molar-refractivity contribution is 0.1000. The van der Waals surface area contributed by atoms with Crippen molar-refractivity contribution in [2.75, 3.05) is 5.32 Å². The fraction of sp³-hybridized carbons (Fsp3) is 0.238. The highest BCUT2D eigenvalue weighted by Crippen LogP contribution is 2.24. The summed E-state index contributed by atoms with van der Waals surface area (Å²) in [6.45, 7) is 2.48. The van der Waals surface area contributed by atoms with Crippen LogP contribution in [-0.4, -0.2) is 32.7 Å². The van der Waals surface area contributed by atoms with Crippen LogP contribution in [0.15, 0.2) is 48.5 Å². The summed E-state index contributed by atoms with van der Waals surface area (Å²) in [6.07, 6.45) is 1.61. The number of nitrogens with two attached hydrogens (primary N) is 1. The summed E-state index contributed by atoms with van der Waals surface area (Å²) >= 11 is 0. The minimum Gasteiger partial charge on any atom is -0.457 e. The minimum absolute atomic E-state index is 0.00117. The van der Waals surface area contributed by atoms with E-state index in [1.165, 1.54) is 0 Å². The number of nitrogens with zero attached hydrogens (tertiary/aromatic N) is 3. The lowest BCUT2D eigenvalue weighted by Crippen LogP contribution is -2.43. The topological polar surface area (TPSA) is 124 Å². The molecule has 0 radical (unpaired) electrons. The van der Waals surface area contributed by atoms with Crippen molar-refractivity contribution in [3.63, 3.8) is 0 Å². The molecule has 1 unspecified atom stereocenters. The van der Waals surface area contributed by atoms with Crippen LogP contribution < -0.4 is 21.1 Å². The number of fused-ring (bicyclic) bond motifs is 1. The fourth-order valence-electron chi connectivity index (χ4n) is 3.36. The van der Waals surface area contributed by atoms with Crippen LogP contribution in [0.5, 0.6) is 11.5 Å². The molecule has 3 amide bonds. The van der Waals surface area contributed by atoms with Gasteiger partial charge in [-0.05, 0) is 55.8 Å². The van der Waals surface area contributed by atoms with Crippen molar-refractivity contribution in [3.05, 3.63) is 65.7 Å². The van der Waals surface area contributed by atoms with Crippen LogP contribution in [0.3, 0.4) is 0 Å². The third-order valence-electron chi connectivity index (χ3n) is 4.77. The molecule has 1 aromatic heterocycles. The lowest BCUT2D eigenvalue weighted by Gasteiger charge is -2.23. The van der Waals surface area contributed by atoms with Crippen molar-refractivity contribution in [3.8, 4) is 11.5 Å². The first-order chi connectivity index (χ1) is 14.5. The second-order valence-electron chi connectivity index (χ2n) is 7.11. The summed E-state index contributed by atoms with van der Waals surface area (Å²) in [6, 6.07) is 13.3. The Labute approximate surface area is 173 Å². The average molecular weight is 406 g/mol. The van der Waals surface area contributed by atoms with Gasteiger partial charge >= 0.3 is 6.03 Å². The van der Waals surface area contributed by atoms with E-state index in [4.69, 9.17) is 10.5 Å². The first-order valence-corrected chi connectivity index (χ1v) is 9.62. The van der Waals surface area contributed by atoms with Crippen LogP contribution in [0.25, 0.3) is 0 Å². The number of carbonyl (C=O) groups excluding carboxylic acids is 2. The molecule has 0 saturated carbocycles. The van der Waals surface area contributed by atoms with Crippen LogP contribution in [0.1, 0.15) is 28.4 Å². The minimum atomic E-state index is -0.515. The maximum Gasteiger partial charge on any atom is 0.319 e. The zero-order valence-electron chi connectivity index (χ0n) is 16.5. The predicted molar refractivity (Wildman–Crippen MR) is 110 cm³/mol. The predicted octanol–water partition coefficient (Wildman–Crippen LogP) is 2.61. The summed E-state index contributed by atoms with van der Waals surface area (Å²) < 4.78 is 7.58. The van der Waals surface area contributed by atoms with Crippen molar-refractivity contribution < 1.29 is 14.3 Å². The molecule has 0 fully saturated rings. The Morgan fingerprint density at radius 3 is 2.73 bits per heavy atom. The van der Waals surface area contributed by atoms with E-state index >= 15 is 0 Å². The molecular weight excluding hydrogens is 384 g/mol. The number of rotatable bonds is 5. The molecular formula is C21H22N6O3. The monoisotopic (exact) mass is 406 g/mol. The second kappa shape index (κ2) is 8.24. The van der Waals surface area contributed by atoms with Crippen molar-refractivity contribution in [1.29, 1.82) is 0 Å². The van der Waals surface area contributed by atoms with Crippen LogP contribution >= 0.6 is 0 Å². The smallest absolute Gasteiger partial charge is 0.319 e.